The van der Waals surface area contributed by atoms with E-state index in [0.29, 0.717) is 24.0 Å². The molecule has 1 aromatic carbocycles. The summed E-state index contributed by atoms with van der Waals surface area (Å²) in [7, 11) is 1.98. The lowest BCUT2D eigenvalue weighted by atomic mass is 10.2. The molecule has 3 rings (SSSR count). The van der Waals surface area contributed by atoms with Crippen LogP contribution in [0.15, 0.2) is 29.7 Å². The van der Waals surface area contributed by atoms with Crippen LogP contribution in [-0.2, 0) is 12.8 Å². The van der Waals surface area contributed by atoms with Crippen molar-refractivity contribution in [3.63, 3.8) is 0 Å². The van der Waals surface area contributed by atoms with Crippen LogP contribution in [0.5, 0.6) is 11.5 Å². The summed E-state index contributed by atoms with van der Waals surface area (Å²) in [6.45, 7) is 1.12. The number of fused-ring (bicyclic) bond motifs is 1. The van der Waals surface area contributed by atoms with Crippen molar-refractivity contribution in [3.8, 4) is 11.5 Å². The van der Waals surface area contributed by atoms with E-state index in [1.807, 2.05) is 29.9 Å². The lowest BCUT2D eigenvalue weighted by Gasteiger charge is -2.20. The Kier molecular flexibility index (Phi) is 3.57. The minimum Gasteiger partial charge on any atom is -0.486 e. The van der Waals surface area contributed by atoms with Gasteiger partial charge in [-0.1, -0.05) is 23.4 Å². The Morgan fingerprint density at radius 1 is 1.37 bits per heavy atom. The molecule has 0 saturated carbocycles. The Morgan fingerprint density at radius 2 is 2.21 bits per heavy atom. The zero-order chi connectivity index (χ0) is 13.2. The Labute approximate surface area is 120 Å². The van der Waals surface area contributed by atoms with Gasteiger partial charge in [0.15, 0.2) is 16.7 Å². The fourth-order valence-corrected chi connectivity index (χ4v) is 3.04. The number of thioether (sulfide) groups is 1. The van der Waals surface area contributed by atoms with E-state index in [1.54, 1.807) is 18.0 Å². The summed E-state index contributed by atoms with van der Waals surface area (Å²) in [6, 6.07) is 3.90. The highest BCUT2D eigenvalue weighted by atomic mass is 35.5. The SMILES string of the molecule is Cn1ccnc1SCc1cc(Cl)c2c(c1)OCCO2. The Hall–Kier alpha value is -1.33. The van der Waals surface area contributed by atoms with Gasteiger partial charge in [0.1, 0.15) is 13.2 Å². The summed E-state index contributed by atoms with van der Waals surface area (Å²) < 4.78 is 13.1. The summed E-state index contributed by atoms with van der Waals surface area (Å²) >= 11 is 7.87. The summed E-state index contributed by atoms with van der Waals surface area (Å²) in [4.78, 5) is 4.28. The molecule has 0 bridgehead atoms. The smallest absolute Gasteiger partial charge is 0.179 e. The van der Waals surface area contributed by atoms with E-state index in [-0.39, 0.29) is 0 Å². The molecule has 19 heavy (non-hydrogen) atoms. The summed E-state index contributed by atoms with van der Waals surface area (Å²) in [5.74, 6) is 2.18. The largest absolute Gasteiger partial charge is 0.486 e. The number of rotatable bonds is 3. The minimum atomic E-state index is 0.550. The third-order valence-corrected chi connectivity index (χ3v) is 4.21. The number of imidazole rings is 1. The minimum absolute atomic E-state index is 0.550. The van der Waals surface area contributed by atoms with Gasteiger partial charge in [-0.15, -0.1) is 0 Å². The molecule has 4 nitrogen and oxygen atoms in total. The highest BCUT2D eigenvalue weighted by molar-refractivity contribution is 7.98. The van der Waals surface area contributed by atoms with Gasteiger partial charge in [0.05, 0.1) is 5.02 Å². The quantitative estimate of drug-likeness (QED) is 0.815. The molecule has 0 fully saturated rings. The highest BCUT2D eigenvalue weighted by Crippen LogP contribution is 2.39. The predicted octanol–water partition coefficient (Wildman–Crippen LogP) is 3.14. The molecule has 0 atom stereocenters. The zero-order valence-electron chi connectivity index (χ0n) is 10.4. The normalized spacial score (nSPS) is 13.6. The van der Waals surface area contributed by atoms with Crippen molar-refractivity contribution < 1.29 is 9.47 Å². The lowest BCUT2D eigenvalue weighted by molar-refractivity contribution is 0.171. The summed E-state index contributed by atoms with van der Waals surface area (Å²) in [6.07, 6.45) is 3.72. The maximum absolute atomic E-state index is 6.20. The molecule has 0 N–H and O–H groups in total. The predicted molar refractivity (Wildman–Crippen MR) is 75.2 cm³/mol. The van der Waals surface area contributed by atoms with Crippen molar-refractivity contribution in [2.45, 2.75) is 10.9 Å². The first-order chi connectivity index (χ1) is 9.24. The van der Waals surface area contributed by atoms with Gasteiger partial charge in [0.2, 0.25) is 0 Å². The molecule has 0 aliphatic carbocycles. The monoisotopic (exact) mass is 296 g/mol. The second-order valence-corrected chi connectivity index (χ2v) is 5.56. The first-order valence-electron chi connectivity index (χ1n) is 5.92. The average molecular weight is 297 g/mol. The van der Waals surface area contributed by atoms with E-state index in [9.17, 15) is 0 Å². The van der Waals surface area contributed by atoms with Gasteiger partial charge in [-0.05, 0) is 17.7 Å². The molecule has 0 saturated heterocycles. The Bertz CT molecular complexity index is 600. The van der Waals surface area contributed by atoms with Crippen LogP contribution in [-0.4, -0.2) is 22.8 Å². The number of hydrogen-bond donors (Lipinski definition) is 0. The summed E-state index contributed by atoms with van der Waals surface area (Å²) in [5.41, 5.74) is 1.10. The van der Waals surface area contributed by atoms with Crippen molar-refractivity contribution in [1.82, 2.24) is 9.55 Å². The van der Waals surface area contributed by atoms with Gasteiger partial charge in [-0.2, -0.15) is 0 Å². The molecule has 0 spiro atoms. The van der Waals surface area contributed by atoms with Gasteiger partial charge in [0, 0.05) is 25.2 Å². The lowest BCUT2D eigenvalue weighted by Crippen LogP contribution is -2.15. The van der Waals surface area contributed by atoms with Gasteiger partial charge >= 0.3 is 0 Å². The van der Waals surface area contributed by atoms with Crippen LogP contribution in [0.3, 0.4) is 0 Å². The van der Waals surface area contributed by atoms with Crippen LogP contribution in [0.2, 0.25) is 5.02 Å². The fraction of sp³-hybridized carbons (Fsp3) is 0.308. The van der Waals surface area contributed by atoms with E-state index in [0.717, 1.165) is 22.2 Å². The molecule has 2 heterocycles. The van der Waals surface area contributed by atoms with Gasteiger partial charge < -0.3 is 14.0 Å². The molecule has 1 aromatic heterocycles. The highest BCUT2D eigenvalue weighted by Gasteiger charge is 2.16. The Morgan fingerprint density at radius 3 is 3.00 bits per heavy atom. The third kappa shape index (κ3) is 2.67. The number of aromatic nitrogens is 2. The number of halogens is 1. The zero-order valence-corrected chi connectivity index (χ0v) is 12.0. The molecule has 100 valence electrons. The van der Waals surface area contributed by atoms with Crippen molar-refractivity contribution in [2.75, 3.05) is 13.2 Å². The van der Waals surface area contributed by atoms with E-state index >= 15 is 0 Å². The molecule has 0 unspecified atom stereocenters. The van der Waals surface area contributed by atoms with E-state index in [4.69, 9.17) is 21.1 Å². The number of ether oxygens (including phenoxy) is 2. The fourth-order valence-electron chi connectivity index (χ4n) is 1.89. The molecular weight excluding hydrogens is 284 g/mol. The van der Waals surface area contributed by atoms with Crippen molar-refractivity contribution in [2.24, 2.45) is 7.05 Å². The molecular formula is C13H13ClN2O2S. The van der Waals surface area contributed by atoms with Crippen molar-refractivity contribution >= 4 is 23.4 Å². The third-order valence-electron chi connectivity index (χ3n) is 2.80. The molecule has 0 radical (unpaired) electrons. The molecule has 0 amide bonds. The van der Waals surface area contributed by atoms with Crippen LogP contribution in [0, 0.1) is 0 Å². The molecule has 2 aromatic rings. The molecule has 6 heteroatoms. The number of nitrogens with zero attached hydrogens (tertiary/aromatic N) is 2. The van der Waals surface area contributed by atoms with Gasteiger partial charge in [-0.3, -0.25) is 0 Å². The van der Waals surface area contributed by atoms with E-state index in [1.165, 1.54) is 0 Å². The average Bonchev–Trinajstić information content (AvgIpc) is 2.82. The Balaban J connectivity index is 1.78. The van der Waals surface area contributed by atoms with Gasteiger partial charge in [0.25, 0.3) is 0 Å². The van der Waals surface area contributed by atoms with Crippen LogP contribution in [0.25, 0.3) is 0 Å². The number of aryl methyl sites for hydroxylation is 1. The maximum atomic E-state index is 6.20. The van der Waals surface area contributed by atoms with Crippen molar-refractivity contribution in [3.05, 3.63) is 35.1 Å². The van der Waals surface area contributed by atoms with Gasteiger partial charge in [-0.25, -0.2) is 4.98 Å². The number of hydrogen-bond acceptors (Lipinski definition) is 4. The van der Waals surface area contributed by atoms with Crippen LogP contribution in [0.1, 0.15) is 5.56 Å². The van der Waals surface area contributed by atoms with Crippen molar-refractivity contribution in [1.29, 1.82) is 0 Å². The molecule has 1 aliphatic rings. The van der Waals surface area contributed by atoms with E-state index < -0.39 is 0 Å². The van der Waals surface area contributed by atoms with E-state index in [2.05, 4.69) is 4.98 Å². The molecule has 1 aliphatic heterocycles. The second-order valence-electron chi connectivity index (χ2n) is 4.21. The standard InChI is InChI=1S/C13H13ClN2O2S/c1-16-3-2-15-13(16)19-8-9-6-10(14)12-11(7-9)17-4-5-18-12/h2-3,6-7H,4-5,8H2,1H3. The van der Waals surface area contributed by atoms with Crippen LogP contribution in [0.4, 0.5) is 0 Å². The van der Waals surface area contributed by atoms with Crippen LogP contribution >= 0.6 is 23.4 Å². The number of benzene rings is 1. The topological polar surface area (TPSA) is 36.3 Å². The second kappa shape index (κ2) is 5.35. The van der Waals surface area contributed by atoms with Crippen LogP contribution < -0.4 is 9.47 Å². The summed E-state index contributed by atoms with van der Waals surface area (Å²) in [5, 5.41) is 1.58. The first-order valence-corrected chi connectivity index (χ1v) is 7.28. The first kappa shape index (κ1) is 12.7. The maximum Gasteiger partial charge on any atom is 0.179 e.